The summed E-state index contributed by atoms with van der Waals surface area (Å²) in [7, 11) is 2.15. The Bertz CT molecular complexity index is 351. The van der Waals surface area contributed by atoms with Gasteiger partial charge in [0.1, 0.15) is 5.54 Å². The fraction of sp³-hybridized carbons (Fsp3) is 0.941. The van der Waals surface area contributed by atoms with E-state index in [1.54, 1.807) is 0 Å². The number of hydrogen-bond donors (Lipinski definition) is 2. The Morgan fingerprint density at radius 3 is 2.57 bits per heavy atom. The smallest absolute Gasteiger partial charge is 0.324 e. The molecule has 124 valence electrons. The van der Waals surface area contributed by atoms with Crippen LogP contribution in [0.15, 0.2) is 0 Å². The van der Waals surface area contributed by atoms with Gasteiger partial charge in [-0.05, 0) is 57.7 Å². The van der Waals surface area contributed by atoms with Crippen molar-refractivity contribution < 1.29 is 9.90 Å². The third kappa shape index (κ3) is 4.19. The van der Waals surface area contributed by atoms with Gasteiger partial charge in [-0.15, -0.1) is 0 Å². The zero-order valence-corrected chi connectivity index (χ0v) is 14.7. The second kappa shape index (κ2) is 7.10. The standard InChI is InChI=1S/C17H34N2O2/c1-7-18-17(15(20)21)11-8-9-14(17)10-12-19(6)13(2)16(3,4)5/h13-14,18H,7-12H2,1-6H3,(H,20,21). The maximum Gasteiger partial charge on any atom is 0.324 e. The van der Waals surface area contributed by atoms with E-state index in [9.17, 15) is 9.90 Å². The van der Waals surface area contributed by atoms with Gasteiger partial charge < -0.3 is 15.3 Å². The molecule has 0 heterocycles. The van der Waals surface area contributed by atoms with E-state index < -0.39 is 11.5 Å². The van der Waals surface area contributed by atoms with Gasteiger partial charge in [-0.25, -0.2) is 0 Å². The molecule has 0 bridgehead atoms. The molecule has 0 saturated heterocycles. The molecule has 21 heavy (non-hydrogen) atoms. The molecule has 2 N–H and O–H groups in total. The van der Waals surface area contributed by atoms with Crippen molar-refractivity contribution in [1.29, 1.82) is 0 Å². The minimum Gasteiger partial charge on any atom is -0.480 e. The number of hydrogen-bond acceptors (Lipinski definition) is 3. The summed E-state index contributed by atoms with van der Waals surface area (Å²) >= 11 is 0. The van der Waals surface area contributed by atoms with Crippen molar-refractivity contribution in [3.05, 3.63) is 0 Å². The van der Waals surface area contributed by atoms with Crippen LogP contribution in [0.4, 0.5) is 0 Å². The molecular weight excluding hydrogens is 264 g/mol. The number of carboxylic acid groups (broad SMARTS) is 1. The Hall–Kier alpha value is -0.610. The Kier molecular flexibility index (Phi) is 6.23. The molecule has 4 heteroatoms. The van der Waals surface area contributed by atoms with Gasteiger partial charge in [-0.3, -0.25) is 4.79 Å². The van der Waals surface area contributed by atoms with Crippen LogP contribution in [-0.4, -0.2) is 47.7 Å². The highest BCUT2D eigenvalue weighted by molar-refractivity contribution is 5.79. The number of rotatable bonds is 7. The minimum atomic E-state index is -0.694. The van der Waals surface area contributed by atoms with Crippen LogP contribution in [0.25, 0.3) is 0 Å². The molecule has 1 rings (SSSR count). The first-order chi connectivity index (χ1) is 9.65. The average Bonchev–Trinajstić information content (AvgIpc) is 2.78. The zero-order valence-electron chi connectivity index (χ0n) is 14.7. The van der Waals surface area contributed by atoms with E-state index in [-0.39, 0.29) is 11.3 Å². The van der Waals surface area contributed by atoms with E-state index in [0.29, 0.717) is 6.04 Å². The van der Waals surface area contributed by atoms with E-state index in [2.05, 4.69) is 45.0 Å². The van der Waals surface area contributed by atoms with Crippen molar-refractivity contribution >= 4 is 5.97 Å². The van der Waals surface area contributed by atoms with Crippen LogP contribution in [0.3, 0.4) is 0 Å². The molecule has 0 aromatic rings. The van der Waals surface area contributed by atoms with Crippen molar-refractivity contribution in [2.75, 3.05) is 20.1 Å². The van der Waals surface area contributed by atoms with Crippen molar-refractivity contribution in [3.63, 3.8) is 0 Å². The summed E-state index contributed by atoms with van der Waals surface area (Å²) in [4.78, 5) is 14.2. The lowest BCUT2D eigenvalue weighted by molar-refractivity contribution is -0.146. The fourth-order valence-corrected chi connectivity index (χ4v) is 3.59. The predicted molar refractivity (Wildman–Crippen MR) is 87.5 cm³/mol. The SMILES string of the molecule is CCNC1(C(=O)O)CCCC1CCN(C)C(C)C(C)(C)C. The van der Waals surface area contributed by atoms with Crippen LogP contribution < -0.4 is 5.32 Å². The average molecular weight is 298 g/mol. The van der Waals surface area contributed by atoms with Gasteiger partial charge in [0.05, 0.1) is 0 Å². The summed E-state index contributed by atoms with van der Waals surface area (Å²) in [5, 5.41) is 13.0. The van der Waals surface area contributed by atoms with Crippen LogP contribution in [-0.2, 0) is 4.79 Å². The highest BCUT2D eigenvalue weighted by Crippen LogP contribution is 2.38. The minimum absolute atomic E-state index is 0.240. The first-order valence-electron chi connectivity index (χ1n) is 8.33. The maximum atomic E-state index is 11.8. The summed E-state index contributed by atoms with van der Waals surface area (Å²) < 4.78 is 0. The monoisotopic (exact) mass is 298 g/mol. The lowest BCUT2D eigenvalue weighted by Gasteiger charge is -2.38. The van der Waals surface area contributed by atoms with E-state index in [1.165, 1.54) is 0 Å². The summed E-state index contributed by atoms with van der Waals surface area (Å²) in [6.45, 7) is 12.7. The molecule has 0 aromatic heterocycles. The molecule has 4 nitrogen and oxygen atoms in total. The topological polar surface area (TPSA) is 52.6 Å². The van der Waals surface area contributed by atoms with E-state index in [1.807, 2.05) is 6.92 Å². The lowest BCUT2D eigenvalue weighted by atomic mass is 9.83. The van der Waals surface area contributed by atoms with Crippen molar-refractivity contribution in [1.82, 2.24) is 10.2 Å². The van der Waals surface area contributed by atoms with Crippen LogP contribution in [0.2, 0.25) is 0 Å². The largest absolute Gasteiger partial charge is 0.480 e. The molecule has 1 saturated carbocycles. The van der Waals surface area contributed by atoms with Crippen molar-refractivity contribution in [2.24, 2.45) is 11.3 Å². The van der Waals surface area contributed by atoms with Gasteiger partial charge in [0, 0.05) is 6.04 Å². The molecule has 3 unspecified atom stereocenters. The molecule has 1 fully saturated rings. The summed E-state index contributed by atoms with van der Waals surface area (Å²) in [6, 6.07) is 0.484. The van der Waals surface area contributed by atoms with Gasteiger partial charge in [0.15, 0.2) is 0 Å². The highest BCUT2D eigenvalue weighted by atomic mass is 16.4. The lowest BCUT2D eigenvalue weighted by Crippen LogP contribution is -2.55. The Labute approximate surface area is 130 Å². The van der Waals surface area contributed by atoms with E-state index in [0.717, 1.165) is 38.8 Å². The van der Waals surface area contributed by atoms with Crippen molar-refractivity contribution in [3.8, 4) is 0 Å². The number of nitrogens with zero attached hydrogens (tertiary/aromatic N) is 1. The first kappa shape index (κ1) is 18.4. The molecule has 0 radical (unpaired) electrons. The van der Waals surface area contributed by atoms with Crippen molar-refractivity contribution in [2.45, 2.75) is 71.9 Å². The second-order valence-electron chi connectivity index (χ2n) is 7.71. The summed E-state index contributed by atoms with van der Waals surface area (Å²) in [6.07, 6.45) is 3.76. The summed E-state index contributed by atoms with van der Waals surface area (Å²) in [5.41, 5.74) is -0.448. The molecule has 0 amide bonds. The number of nitrogens with one attached hydrogen (secondary N) is 1. The predicted octanol–water partition coefficient (Wildman–Crippen LogP) is 2.98. The third-order valence-corrected chi connectivity index (χ3v) is 5.44. The van der Waals surface area contributed by atoms with Crippen LogP contribution in [0.5, 0.6) is 0 Å². The number of aliphatic carboxylic acids is 1. The van der Waals surface area contributed by atoms with E-state index in [4.69, 9.17) is 0 Å². The molecule has 0 aliphatic heterocycles. The van der Waals surface area contributed by atoms with Crippen LogP contribution in [0, 0.1) is 11.3 Å². The quantitative estimate of drug-likeness (QED) is 0.759. The van der Waals surface area contributed by atoms with Gasteiger partial charge in [-0.2, -0.15) is 0 Å². The number of likely N-dealkylation sites (N-methyl/N-ethyl adjacent to an activating group) is 1. The fourth-order valence-electron chi connectivity index (χ4n) is 3.59. The summed E-state index contributed by atoms with van der Waals surface area (Å²) in [5.74, 6) is -0.428. The zero-order chi connectivity index (χ0) is 16.3. The molecule has 0 spiro atoms. The number of carbonyl (C=O) groups is 1. The molecule has 1 aliphatic carbocycles. The number of carboxylic acids is 1. The third-order valence-electron chi connectivity index (χ3n) is 5.44. The Morgan fingerprint density at radius 1 is 1.48 bits per heavy atom. The molecule has 1 aliphatic rings. The Morgan fingerprint density at radius 2 is 2.10 bits per heavy atom. The van der Waals surface area contributed by atoms with Crippen LogP contribution in [0.1, 0.15) is 60.3 Å². The van der Waals surface area contributed by atoms with Gasteiger partial charge >= 0.3 is 5.97 Å². The van der Waals surface area contributed by atoms with E-state index >= 15 is 0 Å². The molecule has 0 aromatic carbocycles. The molecule has 3 atom stereocenters. The first-order valence-corrected chi connectivity index (χ1v) is 8.33. The highest BCUT2D eigenvalue weighted by Gasteiger charge is 2.48. The molecular formula is C17H34N2O2. The Balaban J connectivity index is 2.67. The van der Waals surface area contributed by atoms with Gasteiger partial charge in [0.25, 0.3) is 0 Å². The normalized spacial score (nSPS) is 28.0. The second-order valence-corrected chi connectivity index (χ2v) is 7.71. The maximum absolute atomic E-state index is 11.8. The van der Waals surface area contributed by atoms with Gasteiger partial charge in [0.2, 0.25) is 0 Å². The van der Waals surface area contributed by atoms with Crippen LogP contribution >= 0.6 is 0 Å². The van der Waals surface area contributed by atoms with Gasteiger partial charge in [-0.1, -0.05) is 34.1 Å².